The van der Waals surface area contributed by atoms with Crippen molar-refractivity contribution in [1.82, 2.24) is 4.90 Å². The average Bonchev–Trinajstić information content (AvgIpc) is 2.86. The fraction of sp³-hybridized carbons (Fsp3) is 0.684. The van der Waals surface area contributed by atoms with Crippen LogP contribution in [0.15, 0.2) is 18.2 Å². The van der Waals surface area contributed by atoms with Gasteiger partial charge in [0, 0.05) is 11.1 Å². The van der Waals surface area contributed by atoms with Crippen molar-refractivity contribution in [3.8, 4) is 0 Å². The first-order chi connectivity index (χ1) is 10.2. The van der Waals surface area contributed by atoms with Crippen LogP contribution in [0.25, 0.3) is 0 Å². The van der Waals surface area contributed by atoms with Gasteiger partial charge in [0.1, 0.15) is 0 Å². The fourth-order valence-corrected chi connectivity index (χ4v) is 5.21. The van der Waals surface area contributed by atoms with Crippen LogP contribution >= 0.6 is 11.6 Å². The SMILES string of the molecule is Clc1ccc2c(c1)CC1(CCC(N3CCCCC3)CC1)C2. The number of halogens is 1. The summed E-state index contributed by atoms with van der Waals surface area (Å²) in [6.07, 6.45) is 12.5. The van der Waals surface area contributed by atoms with Crippen LogP contribution < -0.4 is 0 Å². The Kier molecular flexibility index (Phi) is 3.75. The molecule has 1 aliphatic heterocycles. The molecule has 0 N–H and O–H groups in total. The number of hydrogen-bond acceptors (Lipinski definition) is 1. The Balaban J connectivity index is 1.41. The second-order valence-corrected chi connectivity index (χ2v) is 8.03. The number of piperidine rings is 1. The van der Waals surface area contributed by atoms with Gasteiger partial charge in [-0.05, 0) is 93.1 Å². The number of benzene rings is 1. The highest BCUT2D eigenvalue weighted by Crippen LogP contribution is 2.48. The zero-order valence-electron chi connectivity index (χ0n) is 12.9. The molecule has 3 aliphatic rings. The van der Waals surface area contributed by atoms with Gasteiger partial charge in [-0.2, -0.15) is 0 Å². The van der Waals surface area contributed by atoms with Gasteiger partial charge in [0.15, 0.2) is 0 Å². The van der Waals surface area contributed by atoms with E-state index in [0.29, 0.717) is 5.41 Å². The third-order valence-corrected chi connectivity index (χ3v) is 6.46. The Morgan fingerprint density at radius 2 is 1.67 bits per heavy atom. The molecule has 2 fully saturated rings. The number of rotatable bonds is 1. The van der Waals surface area contributed by atoms with Crippen LogP contribution in [-0.2, 0) is 12.8 Å². The molecule has 0 unspecified atom stereocenters. The molecule has 114 valence electrons. The van der Waals surface area contributed by atoms with E-state index < -0.39 is 0 Å². The molecule has 2 aliphatic carbocycles. The van der Waals surface area contributed by atoms with E-state index in [2.05, 4.69) is 23.1 Å². The smallest absolute Gasteiger partial charge is 0.0408 e. The highest BCUT2D eigenvalue weighted by atomic mass is 35.5. The van der Waals surface area contributed by atoms with Gasteiger partial charge in [-0.3, -0.25) is 0 Å². The summed E-state index contributed by atoms with van der Waals surface area (Å²) in [7, 11) is 0. The highest BCUT2D eigenvalue weighted by molar-refractivity contribution is 6.30. The lowest BCUT2D eigenvalue weighted by molar-refractivity contribution is 0.0795. The minimum absolute atomic E-state index is 0.569. The van der Waals surface area contributed by atoms with E-state index in [0.717, 1.165) is 11.1 Å². The van der Waals surface area contributed by atoms with Crippen molar-refractivity contribution < 1.29 is 0 Å². The zero-order chi connectivity index (χ0) is 14.3. The van der Waals surface area contributed by atoms with Gasteiger partial charge in [0.2, 0.25) is 0 Å². The third-order valence-electron chi connectivity index (χ3n) is 6.22. The van der Waals surface area contributed by atoms with Crippen molar-refractivity contribution in [1.29, 1.82) is 0 Å². The van der Waals surface area contributed by atoms with Gasteiger partial charge in [-0.1, -0.05) is 24.1 Å². The zero-order valence-corrected chi connectivity index (χ0v) is 13.7. The Labute approximate surface area is 133 Å². The van der Waals surface area contributed by atoms with Gasteiger partial charge >= 0.3 is 0 Å². The van der Waals surface area contributed by atoms with Crippen LogP contribution in [-0.4, -0.2) is 24.0 Å². The normalized spacial score (nSPS) is 33.3. The van der Waals surface area contributed by atoms with Crippen molar-refractivity contribution >= 4 is 11.6 Å². The lowest BCUT2D eigenvalue weighted by atomic mass is 9.70. The van der Waals surface area contributed by atoms with E-state index in [1.807, 2.05) is 0 Å². The molecule has 1 aromatic carbocycles. The molecular formula is C19H26ClN. The van der Waals surface area contributed by atoms with E-state index >= 15 is 0 Å². The van der Waals surface area contributed by atoms with Crippen molar-refractivity contribution in [2.24, 2.45) is 5.41 Å². The molecule has 21 heavy (non-hydrogen) atoms. The van der Waals surface area contributed by atoms with Crippen LogP contribution in [0.1, 0.15) is 56.1 Å². The maximum Gasteiger partial charge on any atom is 0.0408 e. The van der Waals surface area contributed by atoms with Gasteiger partial charge in [0.05, 0.1) is 0 Å². The lowest BCUT2D eigenvalue weighted by Crippen LogP contribution is -2.43. The molecule has 1 saturated heterocycles. The summed E-state index contributed by atoms with van der Waals surface area (Å²) in [5.41, 5.74) is 3.66. The molecule has 2 heteroatoms. The predicted molar refractivity (Wildman–Crippen MR) is 89.0 cm³/mol. The van der Waals surface area contributed by atoms with Crippen LogP contribution in [0, 0.1) is 5.41 Å². The first-order valence-corrected chi connectivity index (χ1v) is 9.13. The van der Waals surface area contributed by atoms with E-state index in [1.165, 1.54) is 76.4 Å². The lowest BCUT2D eigenvalue weighted by Gasteiger charge is -2.43. The van der Waals surface area contributed by atoms with E-state index in [4.69, 9.17) is 11.6 Å². The van der Waals surface area contributed by atoms with Crippen LogP contribution in [0.2, 0.25) is 5.02 Å². The number of hydrogen-bond donors (Lipinski definition) is 0. The maximum atomic E-state index is 6.17. The largest absolute Gasteiger partial charge is 0.300 e. The molecule has 1 nitrogen and oxygen atoms in total. The maximum absolute atomic E-state index is 6.17. The fourth-order valence-electron chi connectivity index (χ4n) is 5.02. The molecule has 1 saturated carbocycles. The molecule has 1 aromatic rings. The Morgan fingerprint density at radius 3 is 2.43 bits per heavy atom. The molecule has 1 spiro atoms. The second kappa shape index (κ2) is 5.59. The van der Waals surface area contributed by atoms with E-state index in [-0.39, 0.29) is 0 Å². The van der Waals surface area contributed by atoms with Crippen LogP contribution in [0.3, 0.4) is 0 Å². The monoisotopic (exact) mass is 303 g/mol. The van der Waals surface area contributed by atoms with Crippen molar-refractivity contribution in [2.45, 2.75) is 63.8 Å². The van der Waals surface area contributed by atoms with Crippen molar-refractivity contribution in [3.05, 3.63) is 34.3 Å². The molecule has 0 radical (unpaired) electrons. The Bertz CT molecular complexity index is 510. The van der Waals surface area contributed by atoms with Crippen LogP contribution in [0.5, 0.6) is 0 Å². The summed E-state index contributed by atoms with van der Waals surface area (Å²) < 4.78 is 0. The Hall–Kier alpha value is -0.530. The van der Waals surface area contributed by atoms with Gasteiger partial charge < -0.3 is 4.90 Å². The molecule has 4 rings (SSSR count). The first-order valence-electron chi connectivity index (χ1n) is 8.76. The minimum atomic E-state index is 0.569. The van der Waals surface area contributed by atoms with Gasteiger partial charge in [0.25, 0.3) is 0 Å². The number of nitrogens with zero attached hydrogens (tertiary/aromatic N) is 1. The molecule has 1 heterocycles. The second-order valence-electron chi connectivity index (χ2n) is 7.59. The van der Waals surface area contributed by atoms with E-state index in [9.17, 15) is 0 Å². The van der Waals surface area contributed by atoms with E-state index in [1.54, 1.807) is 5.56 Å². The molecule has 0 aromatic heterocycles. The summed E-state index contributed by atoms with van der Waals surface area (Å²) in [5, 5.41) is 0.910. The minimum Gasteiger partial charge on any atom is -0.300 e. The predicted octanol–water partition coefficient (Wildman–Crippen LogP) is 4.85. The number of likely N-dealkylation sites (tertiary alicyclic amines) is 1. The standard InChI is InChI=1S/C19H26ClN/c20-17-5-4-15-13-19(14-16(15)12-17)8-6-18(7-9-19)21-10-2-1-3-11-21/h4-5,12,18H,1-3,6-11,13-14H2. The van der Waals surface area contributed by atoms with Crippen molar-refractivity contribution in [3.63, 3.8) is 0 Å². The topological polar surface area (TPSA) is 3.24 Å². The highest BCUT2D eigenvalue weighted by Gasteiger charge is 2.41. The average molecular weight is 304 g/mol. The molecular weight excluding hydrogens is 278 g/mol. The molecule has 0 atom stereocenters. The summed E-state index contributed by atoms with van der Waals surface area (Å²) in [5.74, 6) is 0. The van der Waals surface area contributed by atoms with Crippen molar-refractivity contribution in [2.75, 3.05) is 13.1 Å². The summed E-state index contributed by atoms with van der Waals surface area (Å²) >= 11 is 6.17. The third kappa shape index (κ3) is 2.75. The first kappa shape index (κ1) is 14.1. The molecule has 0 amide bonds. The Morgan fingerprint density at radius 1 is 0.952 bits per heavy atom. The summed E-state index contributed by atoms with van der Waals surface area (Å²) in [6, 6.07) is 7.42. The summed E-state index contributed by atoms with van der Waals surface area (Å²) in [6.45, 7) is 2.71. The van der Waals surface area contributed by atoms with Gasteiger partial charge in [-0.25, -0.2) is 0 Å². The quantitative estimate of drug-likeness (QED) is 0.716. The summed E-state index contributed by atoms with van der Waals surface area (Å²) in [4.78, 5) is 2.79. The molecule has 0 bridgehead atoms. The van der Waals surface area contributed by atoms with Crippen LogP contribution in [0.4, 0.5) is 0 Å². The number of fused-ring (bicyclic) bond motifs is 1. The van der Waals surface area contributed by atoms with Gasteiger partial charge in [-0.15, -0.1) is 0 Å².